The molecule has 0 saturated carbocycles. The van der Waals surface area contributed by atoms with Crippen LogP contribution in [0.15, 0.2) is 42.6 Å². The molecule has 0 N–H and O–H groups in total. The van der Waals surface area contributed by atoms with E-state index in [1.54, 1.807) is 6.20 Å². The Morgan fingerprint density at radius 1 is 1.30 bits per heavy atom. The van der Waals surface area contributed by atoms with Gasteiger partial charge in [-0.3, -0.25) is 0 Å². The quantitative estimate of drug-likeness (QED) is 0.400. The monoisotopic (exact) mass is 281 g/mol. The third-order valence-electron chi connectivity index (χ3n) is 3.92. The summed E-state index contributed by atoms with van der Waals surface area (Å²) in [6.07, 6.45) is 1.72. The van der Waals surface area contributed by atoms with E-state index in [4.69, 9.17) is 4.11 Å². The van der Waals surface area contributed by atoms with Gasteiger partial charge < -0.3 is 0 Å². The predicted octanol–water partition coefficient (Wildman–Crippen LogP) is 3.10. The van der Waals surface area contributed by atoms with E-state index in [0.29, 0.717) is 12.4 Å². The number of aryl methyl sites for hydroxylation is 1. The Balaban J connectivity index is 2.01. The maximum Gasteiger partial charge on any atom is 0.309 e. The normalized spacial score (nSPS) is 15.9. The molecule has 0 amide bonds. The molecule has 1 aromatic carbocycles. The van der Waals surface area contributed by atoms with Gasteiger partial charge in [0.25, 0.3) is 0 Å². The van der Waals surface area contributed by atoms with Gasteiger partial charge in [0.05, 0.1) is 11.1 Å². The van der Waals surface area contributed by atoms with Gasteiger partial charge in [0.2, 0.25) is 4.83 Å². The van der Waals surface area contributed by atoms with Crippen molar-refractivity contribution in [3.63, 3.8) is 0 Å². The highest BCUT2D eigenvalue weighted by Gasteiger charge is 2.35. The minimum Gasteiger partial charge on any atom is -0.248 e. The fourth-order valence-electron chi connectivity index (χ4n) is 3.08. The van der Waals surface area contributed by atoms with Crippen LogP contribution in [0.5, 0.6) is 0 Å². The van der Waals surface area contributed by atoms with E-state index in [9.17, 15) is 0 Å². The van der Waals surface area contributed by atoms with E-state index in [1.165, 1.54) is 15.9 Å². The average Bonchev–Trinajstić information content (AvgIpc) is 3.12. The zero-order chi connectivity index (χ0) is 15.8. The molecular weight excluding hydrogens is 266 g/mol. The first kappa shape index (κ1) is 8.17. The molecule has 0 unspecified atom stereocenters. The van der Waals surface area contributed by atoms with Crippen LogP contribution in [0.4, 0.5) is 0 Å². The van der Waals surface area contributed by atoms with Gasteiger partial charge in [0.1, 0.15) is 6.54 Å². The van der Waals surface area contributed by atoms with Crippen molar-refractivity contribution in [1.82, 2.24) is 9.55 Å². The van der Waals surface area contributed by atoms with Crippen LogP contribution in [0.2, 0.25) is 0 Å². The standard InChI is InChI=1S/C16H12N3S/c1-18-15-13-10(5-4-8-17-13)9-19(15)14-11-6-2-3-7-12(11)20-16(14)18/h2-8H,9H2,1H3/q+1/i1D3. The summed E-state index contributed by atoms with van der Waals surface area (Å²) in [6.45, 7) is -1.57. The first-order valence-corrected chi connectivity index (χ1v) is 7.28. The van der Waals surface area contributed by atoms with E-state index in [0.717, 1.165) is 31.7 Å². The van der Waals surface area contributed by atoms with Crippen LogP contribution >= 0.6 is 11.3 Å². The minimum absolute atomic E-state index is 0.665. The molecular formula is C16H12N3S+. The molecule has 0 spiro atoms. The second kappa shape index (κ2) is 3.46. The van der Waals surface area contributed by atoms with Crippen LogP contribution in [0.3, 0.4) is 0 Å². The van der Waals surface area contributed by atoms with Crippen LogP contribution in [-0.2, 0) is 13.5 Å². The summed E-state index contributed by atoms with van der Waals surface area (Å²) in [5, 5.41) is 1.10. The predicted molar refractivity (Wildman–Crippen MR) is 80.8 cm³/mol. The SMILES string of the molecule is [2H]C([2H])([2H])[n+]1c2n(c3c4ccccc4sc31)Cc1cccnc1-2. The molecule has 0 fully saturated rings. The lowest BCUT2D eigenvalue weighted by Gasteiger charge is -1.93. The highest BCUT2D eigenvalue weighted by molar-refractivity contribution is 7.25. The van der Waals surface area contributed by atoms with Crippen molar-refractivity contribution in [3.05, 3.63) is 48.2 Å². The Hall–Kier alpha value is -2.20. The molecule has 1 aliphatic rings. The topological polar surface area (TPSA) is 21.7 Å². The van der Waals surface area contributed by atoms with Crippen molar-refractivity contribution in [3.8, 4) is 11.5 Å². The van der Waals surface area contributed by atoms with Gasteiger partial charge in [-0.15, -0.1) is 0 Å². The summed E-state index contributed by atoms with van der Waals surface area (Å²) in [6, 6.07) is 12.0. The van der Waals surface area contributed by atoms with Crippen LogP contribution in [0.25, 0.3) is 32.0 Å². The van der Waals surface area contributed by atoms with Crippen LogP contribution < -0.4 is 4.57 Å². The average molecular weight is 281 g/mol. The third-order valence-corrected chi connectivity index (χ3v) is 5.07. The molecule has 20 heavy (non-hydrogen) atoms. The largest absolute Gasteiger partial charge is 0.309 e. The van der Waals surface area contributed by atoms with Crippen molar-refractivity contribution >= 4 is 31.8 Å². The van der Waals surface area contributed by atoms with Gasteiger partial charge in [0, 0.05) is 21.8 Å². The van der Waals surface area contributed by atoms with Gasteiger partial charge in [0.15, 0.2) is 11.2 Å². The second-order valence-electron chi connectivity index (χ2n) is 5.01. The van der Waals surface area contributed by atoms with Gasteiger partial charge in [-0.25, -0.2) is 14.1 Å². The number of nitrogens with zero attached hydrogens (tertiary/aromatic N) is 3. The lowest BCUT2D eigenvalue weighted by atomic mass is 10.2. The smallest absolute Gasteiger partial charge is 0.248 e. The molecule has 1 aliphatic heterocycles. The molecule has 0 atom stereocenters. The minimum atomic E-state index is -2.24. The second-order valence-corrected chi connectivity index (χ2v) is 6.04. The van der Waals surface area contributed by atoms with E-state index in [2.05, 4.69) is 15.6 Å². The molecule has 4 heterocycles. The molecule has 96 valence electrons. The van der Waals surface area contributed by atoms with E-state index in [1.807, 2.05) is 30.3 Å². The number of aromatic nitrogens is 3. The van der Waals surface area contributed by atoms with Crippen molar-refractivity contribution in [1.29, 1.82) is 0 Å². The van der Waals surface area contributed by atoms with E-state index < -0.39 is 6.98 Å². The third kappa shape index (κ3) is 1.11. The summed E-state index contributed by atoms with van der Waals surface area (Å²) in [4.78, 5) is 5.23. The molecule has 5 rings (SSSR count). The molecule has 4 aromatic rings. The van der Waals surface area contributed by atoms with Crippen molar-refractivity contribution in [2.45, 2.75) is 6.54 Å². The first-order chi connectivity index (χ1) is 11.1. The van der Waals surface area contributed by atoms with Gasteiger partial charge in [-0.05, 0) is 18.2 Å². The highest BCUT2D eigenvalue weighted by atomic mass is 32.1. The zero-order valence-electron chi connectivity index (χ0n) is 13.5. The van der Waals surface area contributed by atoms with Gasteiger partial charge in [-0.2, -0.15) is 0 Å². The van der Waals surface area contributed by atoms with Gasteiger partial charge in [-0.1, -0.05) is 29.5 Å². The van der Waals surface area contributed by atoms with E-state index >= 15 is 0 Å². The van der Waals surface area contributed by atoms with Crippen molar-refractivity contribution in [2.24, 2.45) is 6.98 Å². The fraction of sp³-hybridized carbons (Fsp3) is 0.125. The lowest BCUT2D eigenvalue weighted by Crippen LogP contribution is -2.28. The summed E-state index contributed by atoms with van der Waals surface area (Å²) in [5.41, 5.74) is 2.84. The number of imidazole rings is 1. The number of hydrogen-bond acceptors (Lipinski definition) is 2. The Labute approximate surface area is 123 Å². The Kier molecular flexibility index (Phi) is 1.41. The summed E-state index contributed by atoms with van der Waals surface area (Å²) >= 11 is 1.53. The summed E-state index contributed by atoms with van der Waals surface area (Å²) < 4.78 is 28.7. The Morgan fingerprint density at radius 3 is 3.20 bits per heavy atom. The molecule has 0 radical (unpaired) electrons. The molecule has 4 heteroatoms. The molecule has 0 bridgehead atoms. The molecule has 3 aromatic heterocycles. The fourth-order valence-corrected chi connectivity index (χ4v) is 4.20. The summed E-state index contributed by atoms with van der Waals surface area (Å²) in [5.74, 6) is 0.688. The number of benzene rings is 1. The number of rotatable bonds is 0. The van der Waals surface area contributed by atoms with E-state index in [-0.39, 0.29) is 0 Å². The van der Waals surface area contributed by atoms with Crippen LogP contribution in [0, 0.1) is 0 Å². The van der Waals surface area contributed by atoms with Crippen molar-refractivity contribution < 1.29 is 8.68 Å². The lowest BCUT2D eigenvalue weighted by molar-refractivity contribution is -0.631. The number of fused-ring (bicyclic) bond motifs is 7. The number of hydrogen-bond donors (Lipinski definition) is 0. The molecule has 0 saturated heterocycles. The van der Waals surface area contributed by atoms with Gasteiger partial charge >= 0.3 is 5.82 Å². The number of thiophene rings is 1. The maximum atomic E-state index is 8.02. The molecule has 3 nitrogen and oxygen atoms in total. The highest BCUT2D eigenvalue weighted by Crippen LogP contribution is 2.38. The van der Waals surface area contributed by atoms with Crippen LogP contribution in [-0.4, -0.2) is 9.55 Å². The Morgan fingerprint density at radius 2 is 2.25 bits per heavy atom. The number of pyridine rings is 1. The van der Waals surface area contributed by atoms with Crippen molar-refractivity contribution in [2.75, 3.05) is 0 Å². The van der Waals surface area contributed by atoms with Crippen LogP contribution in [0.1, 0.15) is 9.68 Å². The summed E-state index contributed by atoms with van der Waals surface area (Å²) in [7, 11) is 0. The maximum absolute atomic E-state index is 8.02. The zero-order valence-corrected chi connectivity index (χ0v) is 11.3. The first-order valence-electron chi connectivity index (χ1n) is 7.96. The molecule has 0 aliphatic carbocycles. The Bertz CT molecular complexity index is 1090.